The highest BCUT2D eigenvalue weighted by molar-refractivity contribution is 8.03. The predicted molar refractivity (Wildman–Crippen MR) is 120 cm³/mol. The van der Waals surface area contributed by atoms with Gasteiger partial charge < -0.3 is 0 Å². The standard InChI is InChI=1S/C22H33NO3S2/c1-5-6-7-8-9-12-17-28(24,25)26-23(4)22-21(15-16-27-22)19(3)20-14-11-10-13-18(20)2/h10-11,13-16,22H,5-9,12,17H2,1-4H3/b21-19+. The summed E-state index contributed by atoms with van der Waals surface area (Å²) in [7, 11) is -1.87. The molecule has 0 saturated carbocycles. The molecule has 1 unspecified atom stereocenters. The number of benzene rings is 1. The molecule has 1 aromatic rings. The molecule has 0 N–H and O–H groups in total. The van der Waals surface area contributed by atoms with Gasteiger partial charge in [0.1, 0.15) is 5.37 Å². The van der Waals surface area contributed by atoms with Gasteiger partial charge in [0.15, 0.2) is 0 Å². The topological polar surface area (TPSA) is 46.6 Å². The van der Waals surface area contributed by atoms with Gasteiger partial charge in [-0.2, -0.15) is 17.8 Å². The van der Waals surface area contributed by atoms with Gasteiger partial charge in [0, 0.05) is 7.05 Å². The summed E-state index contributed by atoms with van der Waals surface area (Å²) in [5.74, 6) is 0.0735. The zero-order valence-corrected chi connectivity index (χ0v) is 19.1. The van der Waals surface area contributed by atoms with Crippen LogP contribution in [0.15, 0.2) is 41.3 Å². The van der Waals surface area contributed by atoms with E-state index in [1.165, 1.54) is 35.5 Å². The zero-order valence-electron chi connectivity index (χ0n) is 17.5. The SMILES string of the molecule is CCCCCCCCS(=O)(=O)ON(C)C1SC=C/C1=C(/C)c1ccccc1C. The Kier molecular flexibility index (Phi) is 9.28. The molecule has 0 saturated heterocycles. The summed E-state index contributed by atoms with van der Waals surface area (Å²) in [6.45, 7) is 6.35. The Morgan fingerprint density at radius 2 is 1.82 bits per heavy atom. The van der Waals surface area contributed by atoms with Gasteiger partial charge in [0.2, 0.25) is 0 Å². The largest absolute Gasteiger partial charge is 0.283 e. The minimum absolute atomic E-state index is 0.0735. The van der Waals surface area contributed by atoms with E-state index < -0.39 is 10.1 Å². The van der Waals surface area contributed by atoms with Gasteiger partial charge >= 0.3 is 0 Å². The third kappa shape index (κ3) is 6.76. The highest BCUT2D eigenvalue weighted by atomic mass is 32.2. The summed E-state index contributed by atoms with van der Waals surface area (Å²) in [4.78, 5) is 0. The maximum Gasteiger partial charge on any atom is 0.283 e. The first-order valence-corrected chi connectivity index (χ1v) is 12.6. The van der Waals surface area contributed by atoms with E-state index in [0.717, 1.165) is 24.0 Å². The number of hydrogen-bond acceptors (Lipinski definition) is 5. The summed E-state index contributed by atoms with van der Waals surface area (Å²) in [5.41, 5.74) is 4.61. The van der Waals surface area contributed by atoms with Crippen molar-refractivity contribution in [2.24, 2.45) is 0 Å². The predicted octanol–water partition coefficient (Wildman–Crippen LogP) is 5.91. The molecule has 4 nitrogen and oxygen atoms in total. The van der Waals surface area contributed by atoms with Crippen molar-refractivity contribution in [2.45, 2.75) is 64.7 Å². The second kappa shape index (κ2) is 11.2. The van der Waals surface area contributed by atoms with E-state index >= 15 is 0 Å². The lowest BCUT2D eigenvalue weighted by Gasteiger charge is -2.25. The van der Waals surface area contributed by atoms with Crippen LogP contribution in [0.1, 0.15) is 63.5 Å². The number of likely N-dealkylation sites (N-methyl/N-ethyl adjacent to an activating group) is 1. The molecule has 0 radical (unpaired) electrons. The van der Waals surface area contributed by atoms with E-state index in [1.54, 1.807) is 18.8 Å². The van der Waals surface area contributed by atoms with Crippen molar-refractivity contribution in [1.82, 2.24) is 5.06 Å². The van der Waals surface area contributed by atoms with Crippen LogP contribution in [0.25, 0.3) is 5.57 Å². The Hall–Kier alpha value is -1.08. The maximum absolute atomic E-state index is 12.4. The number of allylic oxidation sites excluding steroid dienone is 1. The number of aryl methyl sites for hydroxylation is 1. The summed E-state index contributed by atoms with van der Waals surface area (Å²) in [6.07, 6.45) is 8.31. The van der Waals surface area contributed by atoms with Gasteiger partial charge in [-0.3, -0.25) is 0 Å². The van der Waals surface area contributed by atoms with E-state index in [0.29, 0.717) is 6.42 Å². The van der Waals surface area contributed by atoms with Crippen molar-refractivity contribution < 1.29 is 12.7 Å². The van der Waals surface area contributed by atoms with Crippen molar-refractivity contribution >= 4 is 27.5 Å². The van der Waals surface area contributed by atoms with Crippen LogP contribution in [0, 0.1) is 6.92 Å². The summed E-state index contributed by atoms with van der Waals surface area (Å²) in [6, 6.07) is 8.24. The molecule has 0 bridgehead atoms. The fraction of sp³-hybridized carbons (Fsp3) is 0.545. The minimum atomic E-state index is -3.57. The van der Waals surface area contributed by atoms with Crippen LogP contribution in [0.4, 0.5) is 0 Å². The second-order valence-electron chi connectivity index (χ2n) is 7.34. The van der Waals surface area contributed by atoms with Crippen LogP contribution in [0.5, 0.6) is 0 Å². The Morgan fingerprint density at radius 3 is 2.54 bits per heavy atom. The molecule has 1 aliphatic heterocycles. The lowest BCUT2D eigenvalue weighted by molar-refractivity contribution is -0.0240. The number of rotatable bonds is 11. The monoisotopic (exact) mass is 423 g/mol. The quantitative estimate of drug-likeness (QED) is 0.327. The highest BCUT2D eigenvalue weighted by Gasteiger charge is 2.28. The fourth-order valence-corrected chi connectivity index (χ4v) is 5.52. The molecule has 1 aromatic carbocycles. The van der Waals surface area contributed by atoms with E-state index in [2.05, 4.69) is 39.0 Å². The Morgan fingerprint density at radius 1 is 1.14 bits per heavy atom. The van der Waals surface area contributed by atoms with E-state index in [9.17, 15) is 8.42 Å². The molecule has 1 aliphatic rings. The molecule has 0 fully saturated rings. The van der Waals surface area contributed by atoms with Crippen molar-refractivity contribution in [3.63, 3.8) is 0 Å². The van der Waals surface area contributed by atoms with Gasteiger partial charge in [-0.15, -0.1) is 11.8 Å². The van der Waals surface area contributed by atoms with Crippen molar-refractivity contribution in [2.75, 3.05) is 12.8 Å². The lowest BCUT2D eigenvalue weighted by atomic mass is 9.97. The number of hydrogen-bond donors (Lipinski definition) is 0. The summed E-state index contributed by atoms with van der Waals surface area (Å²) < 4.78 is 30.2. The Bertz CT molecular complexity index is 800. The Balaban J connectivity index is 1.98. The van der Waals surface area contributed by atoms with Gasteiger partial charge in [0.05, 0.1) is 5.75 Å². The summed E-state index contributed by atoms with van der Waals surface area (Å²) in [5, 5.41) is 3.31. The van der Waals surface area contributed by atoms with Crippen LogP contribution in [-0.2, 0) is 14.4 Å². The second-order valence-corrected chi connectivity index (χ2v) is 10.0. The normalized spacial score (nSPS) is 18.8. The van der Waals surface area contributed by atoms with Crippen LogP contribution in [-0.4, -0.2) is 31.7 Å². The number of hydroxylamine groups is 2. The average molecular weight is 424 g/mol. The maximum atomic E-state index is 12.4. The molecule has 0 aliphatic carbocycles. The molecule has 0 aromatic heterocycles. The van der Waals surface area contributed by atoms with Crippen LogP contribution < -0.4 is 0 Å². The van der Waals surface area contributed by atoms with E-state index in [-0.39, 0.29) is 11.1 Å². The molecule has 156 valence electrons. The first-order chi connectivity index (χ1) is 13.4. The fourth-order valence-electron chi connectivity index (χ4n) is 3.40. The molecule has 1 heterocycles. The molecule has 0 spiro atoms. The molecular formula is C22H33NO3S2. The van der Waals surface area contributed by atoms with E-state index in [1.807, 2.05) is 17.5 Å². The number of nitrogens with zero attached hydrogens (tertiary/aromatic N) is 1. The molecule has 0 amide bonds. The van der Waals surface area contributed by atoms with Gasteiger partial charge in [-0.05, 0) is 54.0 Å². The highest BCUT2D eigenvalue weighted by Crippen LogP contribution is 2.37. The van der Waals surface area contributed by atoms with Crippen LogP contribution in [0.2, 0.25) is 0 Å². The van der Waals surface area contributed by atoms with Gasteiger partial charge in [-0.25, -0.2) is 0 Å². The van der Waals surface area contributed by atoms with E-state index in [4.69, 9.17) is 4.28 Å². The lowest BCUT2D eigenvalue weighted by Crippen LogP contribution is -2.32. The zero-order chi connectivity index (χ0) is 20.6. The first kappa shape index (κ1) is 23.2. The smallest absolute Gasteiger partial charge is 0.198 e. The molecule has 6 heteroatoms. The van der Waals surface area contributed by atoms with Gasteiger partial charge in [-0.1, -0.05) is 63.3 Å². The third-order valence-electron chi connectivity index (χ3n) is 5.01. The molecular weight excluding hydrogens is 390 g/mol. The van der Waals surface area contributed by atoms with Crippen LogP contribution >= 0.6 is 11.8 Å². The van der Waals surface area contributed by atoms with Crippen LogP contribution in [0.3, 0.4) is 0 Å². The number of unbranched alkanes of at least 4 members (excludes halogenated alkanes) is 5. The molecule has 2 rings (SSSR count). The minimum Gasteiger partial charge on any atom is -0.198 e. The number of thioether (sulfide) groups is 1. The van der Waals surface area contributed by atoms with Gasteiger partial charge in [0.25, 0.3) is 10.1 Å². The van der Waals surface area contributed by atoms with Crippen molar-refractivity contribution in [3.05, 3.63) is 52.4 Å². The average Bonchev–Trinajstić information content (AvgIpc) is 3.14. The molecule has 28 heavy (non-hydrogen) atoms. The van der Waals surface area contributed by atoms with Crippen molar-refractivity contribution in [3.8, 4) is 0 Å². The molecule has 1 atom stereocenters. The van der Waals surface area contributed by atoms with Crippen molar-refractivity contribution in [1.29, 1.82) is 0 Å². The Labute approximate surface area is 175 Å². The first-order valence-electron chi connectivity index (χ1n) is 10.1. The third-order valence-corrected chi connectivity index (χ3v) is 7.37. The summed E-state index contributed by atoms with van der Waals surface area (Å²) >= 11 is 1.56.